The molecule has 0 bridgehead atoms. The first-order valence-electron chi connectivity index (χ1n) is 10.3. The first-order chi connectivity index (χ1) is 13.0. The highest BCUT2D eigenvalue weighted by Crippen LogP contribution is 2.12. The Morgan fingerprint density at radius 3 is 2.74 bits per heavy atom. The van der Waals surface area contributed by atoms with Crippen LogP contribution in [0.4, 0.5) is 0 Å². The highest BCUT2D eigenvalue weighted by Gasteiger charge is 2.15. The fourth-order valence-electron chi connectivity index (χ4n) is 3.55. The fraction of sp³-hybridized carbons (Fsp3) is 0.750. The molecule has 7 nitrogen and oxygen atoms in total. The van der Waals surface area contributed by atoms with Gasteiger partial charge < -0.3 is 15.5 Å². The molecule has 1 aliphatic heterocycles. The first-order valence-corrected chi connectivity index (χ1v) is 10.3. The number of amides is 1. The second kappa shape index (κ2) is 10.9. The highest BCUT2D eigenvalue weighted by atomic mass is 16.2. The van der Waals surface area contributed by atoms with Crippen LogP contribution in [0.25, 0.3) is 0 Å². The summed E-state index contributed by atoms with van der Waals surface area (Å²) in [7, 11) is 1.99. The van der Waals surface area contributed by atoms with Crippen molar-refractivity contribution in [2.24, 2.45) is 12.0 Å². The van der Waals surface area contributed by atoms with E-state index in [1.54, 1.807) is 0 Å². The normalized spacial score (nSPS) is 15.8. The summed E-state index contributed by atoms with van der Waals surface area (Å²) in [6.45, 7) is 10.3. The first kappa shape index (κ1) is 21.3. The van der Waals surface area contributed by atoms with Crippen LogP contribution < -0.4 is 10.6 Å². The van der Waals surface area contributed by atoms with Crippen molar-refractivity contribution in [1.82, 2.24) is 25.3 Å². The molecule has 2 N–H and O–H groups in total. The number of carbonyl (C=O) groups excluding carboxylic acids is 1. The third-order valence-electron chi connectivity index (χ3n) is 5.20. The fourth-order valence-corrected chi connectivity index (χ4v) is 3.55. The van der Waals surface area contributed by atoms with E-state index in [0.717, 1.165) is 70.1 Å². The predicted molar refractivity (Wildman–Crippen MR) is 110 cm³/mol. The molecular weight excluding hydrogens is 340 g/mol. The lowest BCUT2D eigenvalue weighted by Gasteiger charge is -2.20. The Hall–Kier alpha value is -2.05. The Labute approximate surface area is 163 Å². The molecule has 7 heteroatoms. The number of likely N-dealkylation sites (tertiary alicyclic amines) is 1. The summed E-state index contributed by atoms with van der Waals surface area (Å²) in [5.74, 6) is 1.16. The summed E-state index contributed by atoms with van der Waals surface area (Å²) in [5.41, 5.74) is 3.62. The number of carbonyl (C=O) groups is 1. The number of hydrogen-bond donors (Lipinski definition) is 2. The average molecular weight is 377 g/mol. The Morgan fingerprint density at radius 1 is 1.22 bits per heavy atom. The minimum Gasteiger partial charge on any atom is -0.357 e. The molecular formula is C20H36N6O. The van der Waals surface area contributed by atoms with Crippen LogP contribution in [0.5, 0.6) is 0 Å². The molecule has 1 aliphatic rings. The highest BCUT2D eigenvalue weighted by molar-refractivity contribution is 5.79. The minimum absolute atomic E-state index is 0.309. The van der Waals surface area contributed by atoms with Gasteiger partial charge in [0.15, 0.2) is 5.96 Å². The lowest BCUT2D eigenvalue weighted by molar-refractivity contribution is -0.130. The second-order valence-corrected chi connectivity index (χ2v) is 7.26. The lowest BCUT2D eigenvalue weighted by Crippen LogP contribution is -2.38. The Kier molecular flexibility index (Phi) is 8.61. The Morgan fingerprint density at radius 2 is 2.04 bits per heavy atom. The van der Waals surface area contributed by atoms with Crippen molar-refractivity contribution in [3.63, 3.8) is 0 Å². The van der Waals surface area contributed by atoms with Gasteiger partial charge in [-0.1, -0.05) is 6.42 Å². The number of aliphatic imine (C=N–C) groups is 1. The van der Waals surface area contributed by atoms with E-state index in [1.807, 2.05) is 16.6 Å². The summed E-state index contributed by atoms with van der Waals surface area (Å²) >= 11 is 0. The zero-order valence-corrected chi connectivity index (χ0v) is 17.5. The number of guanidine groups is 1. The average Bonchev–Trinajstić information content (AvgIpc) is 2.78. The van der Waals surface area contributed by atoms with Crippen LogP contribution in [0.3, 0.4) is 0 Å². The zero-order chi connectivity index (χ0) is 19.6. The number of aryl methyl sites for hydroxylation is 2. The van der Waals surface area contributed by atoms with Gasteiger partial charge in [-0.3, -0.25) is 14.5 Å². The van der Waals surface area contributed by atoms with Gasteiger partial charge in [-0.2, -0.15) is 5.10 Å². The molecule has 1 aromatic heterocycles. The van der Waals surface area contributed by atoms with Crippen LogP contribution >= 0.6 is 0 Å². The van der Waals surface area contributed by atoms with Crippen LogP contribution in [0.1, 0.15) is 56.0 Å². The van der Waals surface area contributed by atoms with E-state index in [2.05, 4.69) is 41.5 Å². The minimum atomic E-state index is 0.309. The summed E-state index contributed by atoms with van der Waals surface area (Å²) in [6.07, 6.45) is 5.89. The SMILES string of the molecule is CCNC(=NCCCN1CCCCCC1=O)NCCc1c(C)nn(C)c1C. The maximum Gasteiger partial charge on any atom is 0.222 e. The van der Waals surface area contributed by atoms with E-state index in [1.165, 1.54) is 17.7 Å². The van der Waals surface area contributed by atoms with Crippen molar-refractivity contribution in [3.05, 3.63) is 17.0 Å². The summed E-state index contributed by atoms with van der Waals surface area (Å²) in [5, 5.41) is 11.2. The van der Waals surface area contributed by atoms with Gasteiger partial charge in [0.25, 0.3) is 0 Å². The van der Waals surface area contributed by atoms with Crippen LogP contribution in [0.2, 0.25) is 0 Å². The van der Waals surface area contributed by atoms with Crippen LogP contribution in [-0.4, -0.2) is 59.3 Å². The summed E-state index contributed by atoms with van der Waals surface area (Å²) in [6, 6.07) is 0. The van der Waals surface area contributed by atoms with Crippen molar-refractivity contribution in [2.75, 3.05) is 32.7 Å². The quantitative estimate of drug-likeness (QED) is 0.413. The van der Waals surface area contributed by atoms with Gasteiger partial charge in [-0.05, 0) is 52.0 Å². The van der Waals surface area contributed by atoms with Crippen molar-refractivity contribution in [3.8, 4) is 0 Å². The maximum atomic E-state index is 12.0. The van der Waals surface area contributed by atoms with E-state index in [9.17, 15) is 4.79 Å². The van der Waals surface area contributed by atoms with E-state index in [0.29, 0.717) is 12.3 Å². The van der Waals surface area contributed by atoms with Gasteiger partial charge >= 0.3 is 0 Å². The number of hydrogen-bond acceptors (Lipinski definition) is 3. The van der Waals surface area contributed by atoms with Gasteiger partial charge in [-0.25, -0.2) is 0 Å². The standard InChI is InChI=1S/C20H36N6O/c1-5-21-20(23-13-11-18-16(2)24-25(4)17(18)3)22-12-9-15-26-14-8-6-7-10-19(26)27/h5-15H2,1-4H3,(H2,21,22,23). The van der Waals surface area contributed by atoms with E-state index >= 15 is 0 Å². The van der Waals surface area contributed by atoms with Crippen LogP contribution in [-0.2, 0) is 18.3 Å². The predicted octanol–water partition coefficient (Wildman–Crippen LogP) is 1.93. The molecule has 0 aromatic carbocycles. The Bertz CT molecular complexity index is 637. The van der Waals surface area contributed by atoms with Gasteiger partial charge in [0, 0.05) is 51.9 Å². The number of nitrogens with zero attached hydrogens (tertiary/aromatic N) is 4. The van der Waals surface area contributed by atoms with Gasteiger partial charge in [0.05, 0.1) is 5.69 Å². The van der Waals surface area contributed by atoms with Crippen LogP contribution in [0.15, 0.2) is 4.99 Å². The number of nitrogens with one attached hydrogen (secondary N) is 2. The van der Waals surface area contributed by atoms with E-state index in [-0.39, 0.29) is 0 Å². The third-order valence-corrected chi connectivity index (χ3v) is 5.20. The maximum absolute atomic E-state index is 12.0. The monoisotopic (exact) mass is 376 g/mol. The molecule has 1 aromatic rings. The van der Waals surface area contributed by atoms with Crippen LogP contribution in [0, 0.1) is 13.8 Å². The zero-order valence-electron chi connectivity index (χ0n) is 17.5. The molecule has 1 fully saturated rings. The molecule has 2 rings (SSSR count). The van der Waals surface area contributed by atoms with Gasteiger partial charge in [0.2, 0.25) is 5.91 Å². The molecule has 0 spiro atoms. The number of rotatable bonds is 8. The molecule has 2 heterocycles. The third kappa shape index (κ3) is 6.56. The van der Waals surface area contributed by atoms with E-state index < -0.39 is 0 Å². The van der Waals surface area contributed by atoms with Gasteiger partial charge in [-0.15, -0.1) is 0 Å². The summed E-state index contributed by atoms with van der Waals surface area (Å²) < 4.78 is 1.94. The molecule has 0 unspecified atom stereocenters. The Balaban J connectivity index is 1.77. The molecule has 27 heavy (non-hydrogen) atoms. The molecule has 0 atom stereocenters. The van der Waals surface area contributed by atoms with Crippen molar-refractivity contribution in [1.29, 1.82) is 0 Å². The molecule has 0 radical (unpaired) electrons. The largest absolute Gasteiger partial charge is 0.357 e. The molecule has 152 valence electrons. The molecule has 0 saturated carbocycles. The summed E-state index contributed by atoms with van der Waals surface area (Å²) in [4.78, 5) is 18.7. The van der Waals surface area contributed by atoms with Crippen molar-refractivity contribution < 1.29 is 4.79 Å². The van der Waals surface area contributed by atoms with Crippen molar-refractivity contribution >= 4 is 11.9 Å². The van der Waals surface area contributed by atoms with E-state index in [4.69, 9.17) is 0 Å². The lowest BCUT2D eigenvalue weighted by atomic mass is 10.1. The van der Waals surface area contributed by atoms with Gasteiger partial charge in [0.1, 0.15) is 0 Å². The molecule has 1 amide bonds. The topological polar surface area (TPSA) is 74.6 Å². The number of aromatic nitrogens is 2. The molecule has 0 aliphatic carbocycles. The smallest absolute Gasteiger partial charge is 0.222 e. The molecule has 1 saturated heterocycles. The second-order valence-electron chi connectivity index (χ2n) is 7.26. The van der Waals surface area contributed by atoms with Crippen molar-refractivity contribution in [2.45, 2.75) is 59.3 Å².